The second-order valence-corrected chi connectivity index (χ2v) is 7.47. The topological polar surface area (TPSA) is 48.5 Å². The molecule has 5 heteroatoms. The second kappa shape index (κ2) is 8.88. The van der Waals surface area contributed by atoms with Gasteiger partial charge in [-0.25, -0.2) is 0 Å². The summed E-state index contributed by atoms with van der Waals surface area (Å²) in [6, 6.07) is 20.3. The Bertz CT molecular complexity index is 948. The first-order valence-corrected chi connectivity index (χ1v) is 10.0. The number of benzene rings is 2. The lowest BCUT2D eigenvalue weighted by Crippen LogP contribution is -2.44. The number of nitrogens with zero attached hydrogens (tertiary/aromatic N) is 3. The van der Waals surface area contributed by atoms with Gasteiger partial charge in [-0.2, -0.15) is 0 Å². The van der Waals surface area contributed by atoms with E-state index in [2.05, 4.69) is 51.4 Å². The smallest absolute Gasteiger partial charge is 0.253 e. The van der Waals surface area contributed by atoms with Gasteiger partial charge in [0.2, 0.25) is 0 Å². The van der Waals surface area contributed by atoms with E-state index in [0.29, 0.717) is 12.1 Å². The number of aromatic nitrogens is 1. The predicted molar refractivity (Wildman–Crippen MR) is 117 cm³/mol. The molecular formula is C24H26N4O. The summed E-state index contributed by atoms with van der Waals surface area (Å²) in [6.07, 6.45) is 3.42. The third kappa shape index (κ3) is 4.81. The van der Waals surface area contributed by atoms with Crippen LogP contribution in [-0.2, 0) is 6.54 Å². The molecule has 1 aromatic heterocycles. The van der Waals surface area contributed by atoms with Gasteiger partial charge in [-0.05, 0) is 36.4 Å². The Labute approximate surface area is 172 Å². The first-order chi connectivity index (χ1) is 14.2. The van der Waals surface area contributed by atoms with Gasteiger partial charge in [-0.3, -0.25) is 9.78 Å². The summed E-state index contributed by atoms with van der Waals surface area (Å²) in [5, 5.41) is 2.96. The van der Waals surface area contributed by atoms with Gasteiger partial charge in [0, 0.05) is 56.4 Å². The molecule has 29 heavy (non-hydrogen) atoms. The first kappa shape index (κ1) is 19.2. The van der Waals surface area contributed by atoms with Crippen LogP contribution in [-0.4, -0.2) is 49.0 Å². The highest BCUT2D eigenvalue weighted by molar-refractivity contribution is 5.95. The molecule has 2 aromatic carbocycles. The van der Waals surface area contributed by atoms with Crippen LogP contribution in [0.15, 0.2) is 73.1 Å². The molecule has 1 aliphatic heterocycles. The molecule has 1 fully saturated rings. The number of hydrogen-bond acceptors (Lipinski definition) is 4. The van der Waals surface area contributed by atoms with E-state index in [4.69, 9.17) is 0 Å². The summed E-state index contributed by atoms with van der Waals surface area (Å²) in [6.45, 7) is 4.78. The highest BCUT2D eigenvalue weighted by atomic mass is 16.1. The third-order valence-electron chi connectivity index (χ3n) is 5.37. The first-order valence-electron chi connectivity index (χ1n) is 10.0. The van der Waals surface area contributed by atoms with Crippen molar-refractivity contribution in [2.75, 3.05) is 38.1 Å². The largest absolute Gasteiger partial charge is 0.369 e. The Balaban J connectivity index is 1.43. The number of hydrogen-bond donors (Lipinski definition) is 1. The molecule has 0 aliphatic carbocycles. The van der Waals surface area contributed by atoms with E-state index in [-0.39, 0.29) is 5.91 Å². The minimum atomic E-state index is -0.114. The van der Waals surface area contributed by atoms with Crippen molar-refractivity contribution in [2.24, 2.45) is 0 Å². The minimum Gasteiger partial charge on any atom is -0.369 e. The maximum atomic E-state index is 12.5. The van der Waals surface area contributed by atoms with Crippen molar-refractivity contribution in [3.63, 3.8) is 0 Å². The molecule has 1 aliphatic rings. The van der Waals surface area contributed by atoms with Crippen LogP contribution in [0.2, 0.25) is 0 Å². The van der Waals surface area contributed by atoms with Gasteiger partial charge in [0.15, 0.2) is 0 Å². The fourth-order valence-corrected chi connectivity index (χ4v) is 3.53. The summed E-state index contributed by atoms with van der Waals surface area (Å²) in [7, 11) is 2.16. The Morgan fingerprint density at radius 3 is 2.38 bits per heavy atom. The van der Waals surface area contributed by atoms with Gasteiger partial charge >= 0.3 is 0 Å². The second-order valence-electron chi connectivity index (χ2n) is 7.47. The fraction of sp³-hybridized carbons (Fsp3) is 0.250. The van der Waals surface area contributed by atoms with Crippen molar-refractivity contribution in [2.45, 2.75) is 6.54 Å². The Kier molecular flexibility index (Phi) is 5.86. The lowest BCUT2D eigenvalue weighted by molar-refractivity contribution is 0.0950. The number of rotatable bonds is 5. The SMILES string of the molecule is CN1CCN(c2ccc(-c3cncc(C(=O)NCc4ccccc4)c3)cc2)CC1. The number of amides is 1. The quantitative estimate of drug-likeness (QED) is 0.730. The van der Waals surface area contributed by atoms with Crippen LogP contribution < -0.4 is 10.2 Å². The lowest BCUT2D eigenvalue weighted by Gasteiger charge is -2.34. The number of carbonyl (C=O) groups is 1. The summed E-state index contributed by atoms with van der Waals surface area (Å²) >= 11 is 0. The van der Waals surface area contributed by atoms with Crippen molar-refractivity contribution in [1.29, 1.82) is 0 Å². The van der Waals surface area contributed by atoms with Crippen LogP contribution in [0.1, 0.15) is 15.9 Å². The molecule has 5 nitrogen and oxygen atoms in total. The molecule has 1 saturated heterocycles. The van der Waals surface area contributed by atoms with Crippen LogP contribution in [0, 0.1) is 0 Å². The van der Waals surface area contributed by atoms with Crippen molar-refractivity contribution in [3.05, 3.63) is 84.2 Å². The number of anilines is 1. The molecule has 1 amide bonds. The molecule has 0 bridgehead atoms. The fourth-order valence-electron chi connectivity index (χ4n) is 3.53. The zero-order valence-electron chi connectivity index (χ0n) is 16.7. The summed E-state index contributed by atoms with van der Waals surface area (Å²) in [4.78, 5) is 21.6. The van der Waals surface area contributed by atoms with Crippen LogP contribution in [0.4, 0.5) is 5.69 Å². The van der Waals surface area contributed by atoms with E-state index in [1.807, 2.05) is 36.4 Å². The van der Waals surface area contributed by atoms with Crippen LogP contribution >= 0.6 is 0 Å². The van der Waals surface area contributed by atoms with E-state index in [1.165, 1.54) is 5.69 Å². The van der Waals surface area contributed by atoms with E-state index in [1.54, 1.807) is 12.4 Å². The zero-order chi connectivity index (χ0) is 20.1. The van der Waals surface area contributed by atoms with Crippen molar-refractivity contribution in [3.8, 4) is 11.1 Å². The maximum Gasteiger partial charge on any atom is 0.253 e. The third-order valence-corrected chi connectivity index (χ3v) is 5.37. The van der Waals surface area contributed by atoms with Gasteiger partial charge in [-0.15, -0.1) is 0 Å². The highest BCUT2D eigenvalue weighted by Crippen LogP contribution is 2.24. The summed E-state index contributed by atoms with van der Waals surface area (Å²) in [5.74, 6) is -0.114. The van der Waals surface area contributed by atoms with Gasteiger partial charge in [0.05, 0.1) is 5.56 Å². The molecule has 0 radical (unpaired) electrons. The molecule has 0 saturated carbocycles. The lowest BCUT2D eigenvalue weighted by atomic mass is 10.0. The monoisotopic (exact) mass is 386 g/mol. The molecular weight excluding hydrogens is 360 g/mol. The molecule has 1 N–H and O–H groups in total. The summed E-state index contributed by atoms with van der Waals surface area (Å²) < 4.78 is 0. The molecule has 0 spiro atoms. The Morgan fingerprint density at radius 1 is 0.931 bits per heavy atom. The zero-order valence-corrected chi connectivity index (χ0v) is 16.7. The number of carbonyl (C=O) groups excluding carboxylic acids is 1. The molecule has 3 aromatic rings. The van der Waals surface area contributed by atoms with Gasteiger partial charge in [-0.1, -0.05) is 42.5 Å². The average molecular weight is 386 g/mol. The normalized spacial score (nSPS) is 14.6. The number of likely N-dealkylation sites (N-methyl/N-ethyl adjacent to an activating group) is 1. The molecule has 0 unspecified atom stereocenters. The van der Waals surface area contributed by atoms with Crippen molar-refractivity contribution >= 4 is 11.6 Å². The van der Waals surface area contributed by atoms with Gasteiger partial charge < -0.3 is 15.1 Å². The van der Waals surface area contributed by atoms with Gasteiger partial charge in [0.1, 0.15) is 0 Å². The van der Waals surface area contributed by atoms with Crippen LogP contribution in [0.3, 0.4) is 0 Å². The standard InChI is InChI=1S/C24H26N4O/c1-27-11-13-28(14-12-27)23-9-7-20(8-10-23)21-15-22(18-25-17-21)24(29)26-16-19-5-3-2-4-6-19/h2-10,15,17-18H,11-14,16H2,1H3,(H,26,29). The van der Waals surface area contributed by atoms with E-state index in [9.17, 15) is 4.79 Å². The van der Waals surface area contributed by atoms with Crippen molar-refractivity contribution < 1.29 is 4.79 Å². The van der Waals surface area contributed by atoms with E-state index < -0.39 is 0 Å². The number of pyridine rings is 1. The predicted octanol–water partition coefficient (Wildman–Crippen LogP) is 3.43. The van der Waals surface area contributed by atoms with Crippen molar-refractivity contribution in [1.82, 2.24) is 15.2 Å². The van der Waals surface area contributed by atoms with E-state index >= 15 is 0 Å². The Morgan fingerprint density at radius 2 is 1.66 bits per heavy atom. The molecule has 4 rings (SSSR count). The van der Waals surface area contributed by atoms with Gasteiger partial charge in [0.25, 0.3) is 5.91 Å². The minimum absolute atomic E-state index is 0.114. The number of piperazine rings is 1. The highest BCUT2D eigenvalue weighted by Gasteiger charge is 2.14. The average Bonchev–Trinajstić information content (AvgIpc) is 2.79. The summed E-state index contributed by atoms with van der Waals surface area (Å²) in [5.41, 5.74) is 4.90. The maximum absolute atomic E-state index is 12.5. The van der Waals surface area contributed by atoms with E-state index in [0.717, 1.165) is 42.9 Å². The molecule has 0 atom stereocenters. The molecule has 2 heterocycles. The van der Waals surface area contributed by atoms with Crippen LogP contribution in [0.25, 0.3) is 11.1 Å². The number of nitrogens with one attached hydrogen (secondary N) is 1. The Hall–Kier alpha value is -3.18. The molecule has 148 valence electrons. The van der Waals surface area contributed by atoms with Crippen LogP contribution in [0.5, 0.6) is 0 Å².